The van der Waals surface area contributed by atoms with Gasteiger partial charge in [0.05, 0.1) is 6.61 Å². The van der Waals surface area contributed by atoms with Crippen LogP contribution in [0.5, 0.6) is 0 Å². The fraction of sp³-hybridized carbons (Fsp3) is 0.591. The lowest BCUT2D eigenvalue weighted by atomic mass is 9.85. The molecule has 0 bridgehead atoms. The lowest BCUT2D eigenvalue weighted by Crippen LogP contribution is -2.20. The van der Waals surface area contributed by atoms with Crippen molar-refractivity contribution < 1.29 is 9.53 Å². The highest BCUT2D eigenvalue weighted by atomic mass is 32.1. The second-order valence-corrected chi connectivity index (χ2v) is 9.11. The number of hydrogen-bond acceptors (Lipinski definition) is 5. The van der Waals surface area contributed by atoms with E-state index in [2.05, 4.69) is 43.0 Å². The van der Waals surface area contributed by atoms with E-state index in [0.717, 1.165) is 25.3 Å². The number of aryl methyl sites for hydroxylation is 4. The van der Waals surface area contributed by atoms with E-state index < -0.39 is 0 Å². The van der Waals surface area contributed by atoms with E-state index in [1.165, 1.54) is 35.3 Å². The zero-order chi connectivity index (χ0) is 19.6. The number of thiophene rings is 2. The topological polar surface area (TPSA) is 38.3 Å². The van der Waals surface area contributed by atoms with Crippen LogP contribution in [0.2, 0.25) is 0 Å². The first-order chi connectivity index (χ1) is 13.0. The molecule has 1 unspecified atom stereocenters. The first-order valence-corrected chi connectivity index (χ1v) is 11.7. The van der Waals surface area contributed by atoms with Crippen molar-refractivity contribution in [2.75, 3.05) is 20.2 Å². The third-order valence-corrected chi connectivity index (χ3v) is 7.11. The Balaban J connectivity index is 0.000000194. The van der Waals surface area contributed by atoms with Crippen molar-refractivity contribution in [1.29, 1.82) is 0 Å². The maximum absolute atomic E-state index is 11.0. The first kappa shape index (κ1) is 22.1. The summed E-state index contributed by atoms with van der Waals surface area (Å²) in [6.07, 6.45) is 6.46. The molecule has 3 nitrogen and oxygen atoms in total. The third kappa shape index (κ3) is 7.05. The number of hydrogen-bond donors (Lipinski definition) is 1. The fourth-order valence-corrected chi connectivity index (χ4v) is 5.70. The molecule has 1 N–H and O–H groups in total. The van der Waals surface area contributed by atoms with Crippen LogP contribution in [0.25, 0.3) is 0 Å². The van der Waals surface area contributed by atoms with Crippen molar-refractivity contribution >= 4 is 28.6 Å². The van der Waals surface area contributed by atoms with Gasteiger partial charge in [-0.1, -0.05) is 0 Å². The van der Waals surface area contributed by atoms with Crippen molar-refractivity contribution in [3.05, 3.63) is 43.3 Å². The lowest BCUT2D eigenvalue weighted by Gasteiger charge is -2.23. The SMILES string of the molecule is CCOC(=O)CCCc1cc(C)cs1.CNCC1CCCc2scc(C)c21. The maximum Gasteiger partial charge on any atom is 0.305 e. The highest BCUT2D eigenvalue weighted by Gasteiger charge is 2.22. The van der Waals surface area contributed by atoms with Crippen molar-refractivity contribution in [2.24, 2.45) is 0 Å². The Bertz CT molecular complexity index is 705. The summed E-state index contributed by atoms with van der Waals surface area (Å²) in [5, 5.41) is 7.76. The van der Waals surface area contributed by atoms with Crippen LogP contribution < -0.4 is 5.32 Å². The number of likely N-dealkylation sites (N-methyl/N-ethyl adjacent to an activating group) is 1. The molecular formula is C22H33NO2S2. The summed E-state index contributed by atoms with van der Waals surface area (Å²) in [6, 6.07) is 2.18. The maximum atomic E-state index is 11.0. The summed E-state index contributed by atoms with van der Waals surface area (Å²) >= 11 is 3.72. The highest BCUT2D eigenvalue weighted by Crippen LogP contribution is 2.37. The molecule has 0 aromatic carbocycles. The van der Waals surface area contributed by atoms with E-state index in [-0.39, 0.29) is 5.97 Å². The number of carbonyl (C=O) groups is 1. The fourth-order valence-electron chi connectivity index (χ4n) is 3.62. The minimum atomic E-state index is -0.0826. The smallest absolute Gasteiger partial charge is 0.305 e. The van der Waals surface area contributed by atoms with Crippen molar-refractivity contribution in [3.63, 3.8) is 0 Å². The van der Waals surface area contributed by atoms with Crippen LogP contribution in [0.1, 0.15) is 65.0 Å². The summed E-state index contributed by atoms with van der Waals surface area (Å²) in [5.74, 6) is 0.695. The molecule has 0 saturated heterocycles. The Morgan fingerprint density at radius 2 is 2.11 bits per heavy atom. The second kappa shape index (κ2) is 11.6. The molecule has 3 rings (SSSR count). The molecule has 2 heterocycles. The minimum absolute atomic E-state index is 0.0826. The average Bonchev–Trinajstić information content (AvgIpc) is 3.23. The van der Waals surface area contributed by atoms with Crippen LogP contribution in [-0.2, 0) is 22.4 Å². The Hall–Kier alpha value is -1.17. The number of esters is 1. The zero-order valence-corrected chi connectivity index (χ0v) is 18.7. The van der Waals surface area contributed by atoms with Crippen molar-refractivity contribution in [3.8, 4) is 0 Å². The number of fused-ring (bicyclic) bond motifs is 1. The summed E-state index contributed by atoms with van der Waals surface area (Å²) in [4.78, 5) is 14.0. The van der Waals surface area contributed by atoms with E-state index in [0.29, 0.717) is 13.0 Å². The summed E-state index contributed by atoms with van der Waals surface area (Å²) < 4.78 is 4.85. The minimum Gasteiger partial charge on any atom is -0.466 e. The van der Waals surface area contributed by atoms with Gasteiger partial charge in [-0.15, -0.1) is 22.7 Å². The molecule has 0 spiro atoms. The van der Waals surface area contributed by atoms with Gasteiger partial charge in [0.25, 0.3) is 0 Å². The van der Waals surface area contributed by atoms with Gasteiger partial charge in [0, 0.05) is 22.7 Å². The van der Waals surface area contributed by atoms with E-state index in [1.807, 2.05) is 18.3 Å². The molecule has 0 saturated carbocycles. The van der Waals surface area contributed by atoms with Gasteiger partial charge >= 0.3 is 5.97 Å². The van der Waals surface area contributed by atoms with E-state index >= 15 is 0 Å². The van der Waals surface area contributed by atoms with Gasteiger partial charge in [-0.2, -0.15) is 0 Å². The molecule has 0 radical (unpaired) electrons. The van der Waals surface area contributed by atoms with Crippen LogP contribution in [0.3, 0.4) is 0 Å². The molecule has 1 aliphatic rings. The van der Waals surface area contributed by atoms with Gasteiger partial charge in [0.2, 0.25) is 0 Å². The average molecular weight is 408 g/mol. The Morgan fingerprint density at radius 3 is 2.78 bits per heavy atom. The molecule has 2 aromatic rings. The van der Waals surface area contributed by atoms with Gasteiger partial charge < -0.3 is 10.1 Å². The van der Waals surface area contributed by atoms with Gasteiger partial charge in [-0.05, 0) is 99.4 Å². The third-order valence-electron chi connectivity index (χ3n) is 4.81. The van der Waals surface area contributed by atoms with E-state index in [9.17, 15) is 4.79 Å². The molecule has 0 amide bonds. The number of carbonyl (C=O) groups excluding carboxylic acids is 1. The molecule has 27 heavy (non-hydrogen) atoms. The largest absolute Gasteiger partial charge is 0.466 e. The van der Waals surface area contributed by atoms with Crippen LogP contribution in [0.15, 0.2) is 16.8 Å². The lowest BCUT2D eigenvalue weighted by molar-refractivity contribution is -0.143. The van der Waals surface area contributed by atoms with Crippen LogP contribution in [0.4, 0.5) is 0 Å². The summed E-state index contributed by atoms with van der Waals surface area (Å²) in [6.45, 7) is 7.80. The predicted molar refractivity (Wildman–Crippen MR) is 117 cm³/mol. The van der Waals surface area contributed by atoms with E-state index in [4.69, 9.17) is 4.74 Å². The summed E-state index contributed by atoms with van der Waals surface area (Å²) in [7, 11) is 2.05. The quantitative estimate of drug-likeness (QED) is 0.604. The normalized spacial score (nSPS) is 15.6. The molecule has 0 fully saturated rings. The Labute approximate surface area is 172 Å². The first-order valence-electron chi connectivity index (χ1n) is 9.96. The molecule has 1 aliphatic carbocycles. The number of rotatable bonds is 7. The number of ether oxygens (including phenoxy) is 1. The van der Waals surface area contributed by atoms with Crippen molar-refractivity contribution in [2.45, 2.75) is 65.2 Å². The zero-order valence-electron chi connectivity index (χ0n) is 17.1. The number of nitrogens with one attached hydrogen (secondary N) is 1. The standard InChI is InChI=1S/C11H17NS.C11H16O2S/c1-8-7-13-10-5-3-4-9(6-12-2)11(8)10;1-3-13-11(12)6-4-5-10-7-9(2)8-14-10/h7,9,12H,3-6H2,1-2H3;7-8H,3-6H2,1-2H3. The Morgan fingerprint density at radius 1 is 1.30 bits per heavy atom. The van der Waals surface area contributed by atoms with Gasteiger partial charge in [0.1, 0.15) is 0 Å². The van der Waals surface area contributed by atoms with Gasteiger partial charge in [0.15, 0.2) is 0 Å². The van der Waals surface area contributed by atoms with Crippen LogP contribution >= 0.6 is 22.7 Å². The second-order valence-electron chi connectivity index (χ2n) is 7.15. The highest BCUT2D eigenvalue weighted by molar-refractivity contribution is 7.10. The summed E-state index contributed by atoms with van der Waals surface area (Å²) in [5.41, 5.74) is 4.48. The predicted octanol–water partition coefficient (Wildman–Crippen LogP) is 5.64. The van der Waals surface area contributed by atoms with Gasteiger partial charge in [-0.3, -0.25) is 4.79 Å². The monoisotopic (exact) mass is 407 g/mol. The molecule has 150 valence electrons. The van der Waals surface area contributed by atoms with Gasteiger partial charge in [-0.25, -0.2) is 0 Å². The molecular weight excluding hydrogens is 374 g/mol. The Kier molecular flexibility index (Phi) is 9.52. The molecule has 1 atom stereocenters. The molecule has 2 aromatic heterocycles. The van der Waals surface area contributed by atoms with E-state index in [1.54, 1.807) is 21.8 Å². The molecule has 5 heteroatoms. The van der Waals surface area contributed by atoms with Crippen LogP contribution in [-0.4, -0.2) is 26.2 Å². The van der Waals surface area contributed by atoms with Crippen LogP contribution in [0, 0.1) is 13.8 Å². The molecule has 0 aliphatic heterocycles. The van der Waals surface area contributed by atoms with Crippen molar-refractivity contribution in [1.82, 2.24) is 5.32 Å².